The molecule has 1 amide bonds. The monoisotopic (exact) mass is 430 g/mol. The molecule has 1 aromatic heterocycles. The highest BCUT2D eigenvalue weighted by Gasteiger charge is 2.43. The Morgan fingerprint density at radius 2 is 2.00 bits per heavy atom. The second-order valence-corrected chi connectivity index (χ2v) is 9.88. The maximum atomic E-state index is 13.3. The van der Waals surface area contributed by atoms with Crippen molar-refractivity contribution in [3.05, 3.63) is 42.2 Å². The molecule has 9 heteroatoms. The third-order valence-corrected chi connectivity index (χ3v) is 7.09. The predicted octanol–water partition coefficient (Wildman–Crippen LogP) is 3.72. The number of carbonyl (C=O) groups is 1. The van der Waals surface area contributed by atoms with E-state index in [1.807, 2.05) is 24.6 Å². The topological polar surface area (TPSA) is 93.1 Å². The van der Waals surface area contributed by atoms with Crippen molar-refractivity contribution in [2.24, 2.45) is 13.0 Å². The fourth-order valence-corrected chi connectivity index (χ4v) is 4.32. The Kier molecular flexibility index (Phi) is 5.01. The number of nitrogens with zero attached hydrogens (tertiary/aromatic N) is 2. The number of hydrogen-bond acceptors (Lipinski definition) is 5. The van der Waals surface area contributed by atoms with Crippen molar-refractivity contribution in [2.45, 2.75) is 31.3 Å². The van der Waals surface area contributed by atoms with Crippen LogP contribution in [0.15, 0.2) is 41.6 Å². The molecule has 7 nitrogen and oxygen atoms in total. The molecule has 30 heavy (non-hydrogen) atoms. The third-order valence-electron chi connectivity index (χ3n) is 5.35. The van der Waals surface area contributed by atoms with E-state index in [0.29, 0.717) is 16.9 Å². The standard InChI is InChI=1S/C21H23FN4O3S/c1-4-30(28,29)14-5-6-17(12(2)7-14)24-13-8-18(25-21(27)15-10-16(15)22)20-19(9-13)26(3)11-23-20/h5-9,11,15-16,24H,4,10H2,1-3H3,(H,25,27)/t15-,16+/m0/s1. The van der Waals surface area contributed by atoms with Crippen LogP contribution in [0.2, 0.25) is 0 Å². The molecular formula is C21H23FN4O3S. The number of fused-ring (bicyclic) bond motifs is 1. The molecule has 3 aromatic rings. The Labute approximate surface area is 174 Å². The SMILES string of the molecule is CCS(=O)(=O)c1ccc(Nc2cc(NC(=O)[C@H]3C[C@H]3F)c3ncn(C)c3c2)c(C)c1. The van der Waals surface area contributed by atoms with Gasteiger partial charge < -0.3 is 15.2 Å². The van der Waals surface area contributed by atoms with E-state index in [9.17, 15) is 17.6 Å². The Morgan fingerprint density at radius 1 is 1.27 bits per heavy atom. The molecule has 2 atom stereocenters. The van der Waals surface area contributed by atoms with Crippen LogP contribution in [0.5, 0.6) is 0 Å². The number of aryl methyl sites for hydroxylation is 2. The fourth-order valence-electron chi connectivity index (χ4n) is 3.35. The molecule has 1 heterocycles. The highest BCUT2D eigenvalue weighted by molar-refractivity contribution is 7.91. The summed E-state index contributed by atoms with van der Waals surface area (Å²) in [5.41, 5.74) is 4.14. The number of benzene rings is 2. The summed E-state index contributed by atoms with van der Waals surface area (Å²) in [6, 6.07) is 8.58. The van der Waals surface area contributed by atoms with Gasteiger partial charge in [-0.2, -0.15) is 0 Å². The molecule has 0 spiro atoms. The van der Waals surface area contributed by atoms with E-state index < -0.39 is 21.9 Å². The number of halogens is 1. The lowest BCUT2D eigenvalue weighted by molar-refractivity contribution is -0.117. The Hall–Kier alpha value is -2.94. The minimum atomic E-state index is -3.28. The second-order valence-electron chi connectivity index (χ2n) is 7.60. The van der Waals surface area contributed by atoms with E-state index in [1.165, 1.54) is 0 Å². The van der Waals surface area contributed by atoms with Gasteiger partial charge in [-0.3, -0.25) is 4.79 Å². The number of anilines is 3. The number of aromatic nitrogens is 2. The summed E-state index contributed by atoms with van der Waals surface area (Å²) in [5.74, 6) is -0.909. The van der Waals surface area contributed by atoms with Gasteiger partial charge in [-0.1, -0.05) is 6.92 Å². The average Bonchev–Trinajstić information content (AvgIpc) is 3.33. The molecule has 158 valence electrons. The van der Waals surface area contributed by atoms with Gasteiger partial charge >= 0.3 is 0 Å². The fraction of sp³-hybridized carbons (Fsp3) is 0.333. The van der Waals surface area contributed by atoms with Crippen LogP contribution < -0.4 is 10.6 Å². The first-order valence-corrected chi connectivity index (χ1v) is 11.3. The highest BCUT2D eigenvalue weighted by Crippen LogP contribution is 2.36. The predicted molar refractivity (Wildman–Crippen MR) is 115 cm³/mol. The van der Waals surface area contributed by atoms with Crippen molar-refractivity contribution in [1.29, 1.82) is 0 Å². The highest BCUT2D eigenvalue weighted by atomic mass is 32.2. The van der Waals surface area contributed by atoms with Crippen molar-refractivity contribution in [1.82, 2.24) is 9.55 Å². The molecule has 0 unspecified atom stereocenters. The summed E-state index contributed by atoms with van der Waals surface area (Å²) in [4.78, 5) is 16.9. The zero-order chi connectivity index (χ0) is 21.6. The summed E-state index contributed by atoms with van der Waals surface area (Å²) < 4.78 is 39.3. The summed E-state index contributed by atoms with van der Waals surface area (Å²) in [7, 11) is -1.44. The molecule has 0 saturated heterocycles. The number of nitrogens with one attached hydrogen (secondary N) is 2. The van der Waals surface area contributed by atoms with Crippen LogP contribution in [0.4, 0.5) is 21.5 Å². The molecule has 1 fully saturated rings. The average molecular weight is 431 g/mol. The van der Waals surface area contributed by atoms with Crippen LogP contribution in [0.1, 0.15) is 18.9 Å². The lowest BCUT2D eigenvalue weighted by atomic mass is 10.1. The molecule has 1 aliphatic carbocycles. The molecule has 1 saturated carbocycles. The van der Waals surface area contributed by atoms with Gasteiger partial charge in [0.05, 0.1) is 34.1 Å². The second kappa shape index (κ2) is 7.39. The summed E-state index contributed by atoms with van der Waals surface area (Å²) in [6.45, 7) is 3.44. The smallest absolute Gasteiger partial charge is 0.230 e. The van der Waals surface area contributed by atoms with Crippen molar-refractivity contribution in [3.63, 3.8) is 0 Å². The van der Waals surface area contributed by atoms with E-state index in [1.54, 1.807) is 37.5 Å². The van der Waals surface area contributed by atoms with Crippen LogP contribution in [-0.4, -0.2) is 35.8 Å². The maximum Gasteiger partial charge on any atom is 0.230 e. The molecule has 0 radical (unpaired) electrons. The summed E-state index contributed by atoms with van der Waals surface area (Å²) >= 11 is 0. The van der Waals surface area contributed by atoms with Gasteiger partial charge in [0.2, 0.25) is 5.91 Å². The van der Waals surface area contributed by atoms with Crippen LogP contribution in [0.25, 0.3) is 11.0 Å². The summed E-state index contributed by atoms with van der Waals surface area (Å²) in [5, 5.41) is 6.08. The minimum absolute atomic E-state index is 0.0418. The molecule has 0 aliphatic heterocycles. The molecule has 2 N–H and O–H groups in total. The van der Waals surface area contributed by atoms with E-state index in [2.05, 4.69) is 15.6 Å². The van der Waals surface area contributed by atoms with Gasteiger partial charge in [-0.05, 0) is 49.2 Å². The maximum absolute atomic E-state index is 13.3. The van der Waals surface area contributed by atoms with Gasteiger partial charge in [0.15, 0.2) is 9.84 Å². The lowest BCUT2D eigenvalue weighted by Crippen LogP contribution is -2.15. The van der Waals surface area contributed by atoms with Crippen LogP contribution in [0.3, 0.4) is 0 Å². The molecule has 0 bridgehead atoms. The van der Waals surface area contributed by atoms with Crippen molar-refractivity contribution in [3.8, 4) is 0 Å². The number of alkyl halides is 1. The van der Waals surface area contributed by atoms with E-state index >= 15 is 0 Å². The minimum Gasteiger partial charge on any atom is -0.355 e. The number of hydrogen-bond donors (Lipinski definition) is 2. The lowest BCUT2D eigenvalue weighted by Gasteiger charge is -2.14. The van der Waals surface area contributed by atoms with E-state index in [0.717, 1.165) is 16.8 Å². The molecule has 4 rings (SSSR count). The number of amides is 1. The Bertz CT molecular complexity index is 1250. The third kappa shape index (κ3) is 3.77. The van der Waals surface area contributed by atoms with Crippen molar-refractivity contribution >= 4 is 43.8 Å². The van der Waals surface area contributed by atoms with E-state index in [-0.39, 0.29) is 23.0 Å². The largest absolute Gasteiger partial charge is 0.355 e. The van der Waals surface area contributed by atoms with Crippen molar-refractivity contribution < 1.29 is 17.6 Å². The van der Waals surface area contributed by atoms with Gasteiger partial charge in [-0.15, -0.1) is 0 Å². The van der Waals surface area contributed by atoms with Gasteiger partial charge in [-0.25, -0.2) is 17.8 Å². The van der Waals surface area contributed by atoms with E-state index in [4.69, 9.17) is 0 Å². The van der Waals surface area contributed by atoms with Gasteiger partial charge in [0.1, 0.15) is 11.7 Å². The van der Waals surface area contributed by atoms with Crippen LogP contribution >= 0.6 is 0 Å². The summed E-state index contributed by atoms with van der Waals surface area (Å²) in [6.07, 6.45) is 0.821. The number of imidazole rings is 1. The first kappa shape index (κ1) is 20.3. The van der Waals surface area contributed by atoms with Crippen LogP contribution in [0, 0.1) is 12.8 Å². The quantitative estimate of drug-likeness (QED) is 0.622. The molecule has 1 aliphatic rings. The first-order valence-electron chi connectivity index (χ1n) is 9.70. The number of sulfone groups is 1. The Balaban J connectivity index is 1.67. The molecule has 2 aromatic carbocycles. The zero-order valence-corrected chi connectivity index (χ0v) is 17.8. The van der Waals surface area contributed by atoms with Crippen molar-refractivity contribution in [2.75, 3.05) is 16.4 Å². The van der Waals surface area contributed by atoms with Gasteiger partial charge in [0.25, 0.3) is 0 Å². The number of rotatable bonds is 6. The normalized spacial score (nSPS) is 18.4. The first-order chi connectivity index (χ1) is 14.2. The van der Waals surface area contributed by atoms with Crippen LogP contribution in [-0.2, 0) is 21.7 Å². The van der Waals surface area contributed by atoms with Gasteiger partial charge in [0, 0.05) is 18.4 Å². The Morgan fingerprint density at radius 3 is 2.63 bits per heavy atom. The number of carbonyl (C=O) groups excluding carboxylic acids is 1. The molecular weight excluding hydrogens is 407 g/mol. The zero-order valence-electron chi connectivity index (χ0n) is 16.9.